The van der Waals surface area contributed by atoms with E-state index >= 15 is 0 Å². The summed E-state index contributed by atoms with van der Waals surface area (Å²) in [5, 5.41) is 3.85. The van der Waals surface area contributed by atoms with Crippen LogP contribution in [0.3, 0.4) is 0 Å². The van der Waals surface area contributed by atoms with Crippen LogP contribution in [0.25, 0.3) is 0 Å². The molecule has 1 N–H and O–H groups in total. The smallest absolute Gasteiger partial charge is 0.139 e. The Morgan fingerprint density at radius 1 is 1.29 bits per heavy atom. The Morgan fingerprint density at radius 2 is 2.06 bits per heavy atom. The van der Waals surface area contributed by atoms with Crippen LogP contribution >= 0.6 is 27.5 Å². The molecule has 0 aliphatic rings. The molecule has 0 aromatic heterocycles. The molecule has 0 fully saturated rings. The second kappa shape index (κ2) is 8.75. The van der Waals surface area contributed by atoms with Gasteiger partial charge in [-0.25, -0.2) is 0 Å². The lowest BCUT2D eigenvalue weighted by atomic mass is 10.3. The fourth-order valence-electron chi connectivity index (χ4n) is 1.23. The third-order valence-corrected chi connectivity index (χ3v) is 2.86. The highest BCUT2D eigenvalue weighted by atomic mass is 79.9. The first-order chi connectivity index (χ1) is 8.24. The second-order valence-electron chi connectivity index (χ2n) is 3.37. The van der Waals surface area contributed by atoms with Gasteiger partial charge < -0.3 is 14.8 Å². The molecule has 1 rings (SSSR count). The van der Waals surface area contributed by atoms with Gasteiger partial charge in [-0.15, -0.1) is 0 Å². The molecule has 0 bridgehead atoms. The molecule has 1 aromatic rings. The molecule has 0 aliphatic heterocycles. The SMILES string of the molecule is CCOCCNCCOc1cc(Br)ccc1Cl. The van der Waals surface area contributed by atoms with Crippen LogP contribution < -0.4 is 10.1 Å². The van der Waals surface area contributed by atoms with Gasteiger partial charge in [0.1, 0.15) is 12.4 Å². The molecule has 0 saturated heterocycles. The van der Waals surface area contributed by atoms with Gasteiger partial charge in [0.05, 0.1) is 11.6 Å². The zero-order chi connectivity index (χ0) is 12.5. The van der Waals surface area contributed by atoms with E-state index < -0.39 is 0 Å². The number of halogens is 2. The van der Waals surface area contributed by atoms with E-state index in [1.807, 2.05) is 25.1 Å². The maximum atomic E-state index is 5.99. The summed E-state index contributed by atoms with van der Waals surface area (Å²) < 4.78 is 11.7. The van der Waals surface area contributed by atoms with Gasteiger partial charge in [-0.1, -0.05) is 27.5 Å². The molecule has 0 aliphatic carbocycles. The van der Waals surface area contributed by atoms with Crippen molar-refractivity contribution in [3.63, 3.8) is 0 Å². The van der Waals surface area contributed by atoms with Crippen molar-refractivity contribution < 1.29 is 9.47 Å². The first kappa shape index (κ1) is 14.8. The van der Waals surface area contributed by atoms with Gasteiger partial charge in [-0.2, -0.15) is 0 Å². The molecular weight excluding hydrogens is 305 g/mol. The van der Waals surface area contributed by atoms with Gasteiger partial charge >= 0.3 is 0 Å². The monoisotopic (exact) mass is 321 g/mol. The van der Waals surface area contributed by atoms with Gasteiger partial charge in [0.25, 0.3) is 0 Å². The number of benzene rings is 1. The number of hydrogen-bond acceptors (Lipinski definition) is 3. The van der Waals surface area contributed by atoms with Gasteiger partial charge in [-0.05, 0) is 25.1 Å². The molecule has 0 unspecified atom stereocenters. The van der Waals surface area contributed by atoms with E-state index in [2.05, 4.69) is 21.2 Å². The Balaban J connectivity index is 2.15. The zero-order valence-corrected chi connectivity index (χ0v) is 12.2. The van der Waals surface area contributed by atoms with Crippen LogP contribution in [-0.4, -0.2) is 32.9 Å². The normalized spacial score (nSPS) is 10.5. The number of hydrogen-bond donors (Lipinski definition) is 1. The van der Waals surface area contributed by atoms with Gasteiger partial charge in [0.15, 0.2) is 0 Å². The van der Waals surface area contributed by atoms with E-state index in [-0.39, 0.29) is 0 Å². The van der Waals surface area contributed by atoms with Crippen molar-refractivity contribution in [2.24, 2.45) is 0 Å². The van der Waals surface area contributed by atoms with Crippen LogP contribution in [0.2, 0.25) is 5.02 Å². The van der Waals surface area contributed by atoms with Crippen molar-refractivity contribution in [1.29, 1.82) is 0 Å². The maximum Gasteiger partial charge on any atom is 0.139 e. The number of nitrogens with one attached hydrogen (secondary N) is 1. The Kier molecular flexibility index (Phi) is 7.60. The minimum Gasteiger partial charge on any atom is -0.491 e. The van der Waals surface area contributed by atoms with Crippen molar-refractivity contribution in [3.8, 4) is 5.75 Å². The van der Waals surface area contributed by atoms with E-state index in [0.29, 0.717) is 17.4 Å². The van der Waals surface area contributed by atoms with Crippen molar-refractivity contribution in [1.82, 2.24) is 5.32 Å². The maximum absolute atomic E-state index is 5.99. The van der Waals surface area contributed by atoms with E-state index in [9.17, 15) is 0 Å². The summed E-state index contributed by atoms with van der Waals surface area (Å²) >= 11 is 9.37. The highest BCUT2D eigenvalue weighted by Crippen LogP contribution is 2.27. The van der Waals surface area contributed by atoms with Crippen LogP contribution in [0.15, 0.2) is 22.7 Å². The highest BCUT2D eigenvalue weighted by Gasteiger charge is 2.01. The highest BCUT2D eigenvalue weighted by molar-refractivity contribution is 9.10. The Morgan fingerprint density at radius 3 is 2.82 bits per heavy atom. The molecule has 5 heteroatoms. The third-order valence-electron chi connectivity index (χ3n) is 2.06. The first-order valence-corrected chi connectivity index (χ1v) is 6.77. The lowest BCUT2D eigenvalue weighted by Crippen LogP contribution is -2.25. The topological polar surface area (TPSA) is 30.5 Å². The van der Waals surface area contributed by atoms with E-state index in [4.69, 9.17) is 21.1 Å². The molecule has 0 spiro atoms. The first-order valence-electron chi connectivity index (χ1n) is 5.60. The minimum absolute atomic E-state index is 0.586. The molecule has 3 nitrogen and oxygen atoms in total. The van der Waals surface area contributed by atoms with Gasteiger partial charge in [0.2, 0.25) is 0 Å². The lowest BCUT2D eigenvalue weighted by molar-refractivity contribution is 0.148. The molecule has 0 amide bonds. The standard InChI is InChI=1S/C12H17BrClNO2/c1-2-16-7-5-15-6-8-17-12-9-10(13)3-4-11(12)14/h3-4,9,15H,2,5-8H2,1H3. The van der Waals surface area contributed by atoms with Gasteiger partial charge in [-0.3, -0.25) is 0 Å². The number of rotatable bonds is 8. The van der Waals surface area contributed by atoms with E-state index in [1.165, 1.54) is 0 Å². The quantitative estimate of drug-likeness (QED) is 0.746. The molecule has 0 saturated carbocycles. The van der Waals surface area contributed by atoms with Crippen molar-refractivity contribution in [3.05, 3.63) is 27.7 Å². The largest absolute Gasteiger partial charge is 0.491 e. The van der Waals surface area contributed by atoms with Crippen LogP contribution in [0, 0.1) is 0 Å². The summed E-state index contributed by atoms with van der Waals surface area (Å²) in [6.45, 7) is 5.67. The van der Waals surface area contributed by atoms with Crippen LogP contribution in [0.5, 0.6) is 5.75 Å². The Labute approximate surface area is 116 Å². The van der Waals surface area contributed by atoms with E-state index in [1.54, 1.807) is 0 Å². The second-order valence-corrected chi connectivity index (χ2v) is 4.69. The molecule has 96 valence electrons. The molecule has 0 radical (unpaired) electrons. The fraction of sp³-hybridized carbons (Fsp3) is 0.500. The van der Waals surface area contributed by atoms with Crippen LogP contribution in [0.4, 0.5) is 0 Å². The molecular formula is C12H17BrClNO2. The van der Waals surface area contributed by atoms with Gasteiger partial charge in [0, 0.05) is 24.2 Å². The lowest BCUT2D eigenvalue weighted by Gasteiger charge is -2.09. The minimum atomic E-state index is 0.586. The predicted octanol–water partition coefficient (Wildman–Crippen LogP) is 3.11. The molecule has 0 heterocycles. The summed E-state index contributed by atoms with van der Waals surface area (Å²) in [6.07, 6.45) is 0. The summed E-state index contributed by atoms with van der Waals surface area (Å²) in [4.78, 5) is 0. The van der Waals surface area contributed by atoms with Crippen molar-refractivity contribution >= 4 is 27.5 Å². The summed E-state index contributed by atoms with van der Waals surface area (Å²) in [5.74, 6) is 0.702. The van der Waals surface area contributed by atoms with E-state index in [0.717, 1.165) is 30.8 Å². The summed E-state index contributed by atoms with van der Waals surface area (Å²) in [6, 6.07) is 5.56. The summed E-state index contributed by atoms with van der Waals surface area (Å²) in [7, 11) is 0. The Bertz CT molecular complexity index is 336. The summed E-state index contributed by atoms with van der Waals surface area (Å²) in [5.41, 5.74) is 0. The fourth-order valence-corrected chi connectivity index (χ4v) is 1.75. The average molecular weight is 323 g/mol. The Hall–Kier alpha value is -0.290. The average Bonchev–Trinajstić information content (AvgIpc) is 2.32. The molecule has 0 atom stereocenters. The van der Waals surface area contributed by atoms with Crippen LogP contribution in [0.1, 0.15) is 6.92 Å². The van der Waals surface area contributed by atoms with Crippen molar-refractivity contribution in [2.75, 3.05) is 32.9 Å². The molecule has 17 heavy (non-hydrogen) atoms. The zero-order valence-electron chi connectivity index (χ0n) is 9.84. The number of ether oxygens (including phenoxy) is 2. The third kappa shape index (κ3) is 6.27. The molecule has 1 aromatic carbocycles. The van der Waals surface area contributed by atoms with Crippen molar-refractivity contribution in [2.45, 2.75) is 6.92 Å². The van der Waals surface area contributed by atoms with Crippen LogP contribution in [-0.2, 0) is 4.74 Å². The predicted molar refractivity (Wildman–Crippen MR) is 74.0 cm³/mol.